The first kappa shape index (κ1) is 19.7. The molecule has 3 unspecified atom stereocenters. The molecule has 4 rings (SSSR count). The van der Waals surface area contributed by atoms with Crippen molar-refractivity contribution in [1.82, 2.24) is 9.80 Å². The smallest absolute Gasteiger partial charge is 0.376 e. The van der Waals surface area contributed by atoms with Gasteiger partial charge in [0.1, 0.15) is 0 Å². The van der Waals surface area contributed by atoms with Crippen LogP contribution in [0.15, 0.2) is 42.5 Å². The summed E-state index contributed by atoms with van der Waals surface area (Å²) in [5, 5.41) is 10.8. The second kappa shape index (κ2) is 6.45. The lowest BCUT2D eigenvalue weighted by Gasteiger charge is -2.39. The number of allylic oxidation sites excluding steroid dienone is 3. The molecule has 3 atom stereocenters. The number of halogens is 3. The van der Waals surface area contributed by atoms with Gasteiger partial charge in [0.25, 0.3) is 5.91 Å². The zero-order valence-electron chi connectivity index (χ0n) is 16.0. The third kappa shape index (κ3) is 2.80. The van der Waals surface area contributed by atoms with Crippen LogP contribution >= 0.6 is 0 Å². The Morgan fingerprint density at radius 1 is 1.17 bits per heavy atom. The molecule has 1 N–H and O–H groups in total. The third-order valence-electron chi connectivity index (χ3n) is 6.08. The molecule has 0 spiro atoms. The maximum Gasteiger partial charge on any atom is 0.422 e. The van der Waals surface area contributed by atoms with Crippen molar-refractivity contribution in [3.8, 4) is 0 Å². The minimum Gasteiger partial charge on any atom is -0.376 e. The van der Waals surface area contributed by atoms with Crippen molar-refractivity contribution in [3.63, 3.8) is 0 Å². The zero-order chi connectivity index (χ0) is 21.1. The molecule has 1 fully saturated rings. The number of amides is 2. The van der Waals surface area contributed by atoms with Crippen LogP contribution in [0.2, 0.25) is 0 Å². The number of hydrogen-bond acceptors (Lipinski definition) is 3. The molecular formula is C21H21F3N2O3. The van der Waals surface area contributed by atoms with Gasteiger partial charge in [-0.1, -0.05) is 30.4 Å². The molecular weight excluding hydrogens is 385 g/mol. The van der Waals surface area contributed by atoms with Crippen molar-refractivity contribution in [2.24, 2.45) is 11.8 Å². The standard InChI is InChI=1S/C21H21F3N2O3/c1-25(2)18(27)13-10-26(11-13)19(28)12-7-8-15-14-5-3-4-6-16(14)20(29,17(15)9-12)21(22,23)24/h3-9,13-14,16,29H,10-11H2,1-2H3. The Balaban J connectivity index is 1.65. The van der Waals surface area contributed by atoms with E-state index in [9.17, 15) is 27.9 Å². The van der Waals surface area contributed by atoms with Crippen LogP contribution in [0.5, 0.6) is 0 Å². The Hall–Kier alpha value is -2.61. The van der Waals surface area contributed by atoms with Crippen molar-refractivity contribution >= 4 is 11.8 Å². The van der Waals surface area contributed by atoms with E-state index in [1.807, 2.05) is 0 Å². The largest absolute Gasteiger partial charge is 0.422 e. The normalized spacial score (nSPS) is 28.0. The molecule has 5 nitrogen and oxygen atoms in total. The summed E-state index contributed by atoms with van der Waals surface area (Å²) < 4.78 is 41.8. The van der Waals surface area contributed by atoms with Gasteiger partial charge >= 0.3 is 6.18 Å². The number of hydrogen-bond donors (Lipinski definition) is 1. The molecule has 1 aliphatic heterocycles. The third-order valence-corrected chi connectivity index (χ3v) is 6.08. The van der Waals surface area contributed by atoms with Crippen LogP contribution in [0.3, 0.4) is 0 Å². The predicted molar refractivity (Wildman–Crippen MR) is 99.0 cm³/mol. The highest BCUT2D eigenvalue weighted by atomic mass is 19.4. The molecule has 154 valence electrons. The molecule has 29 heavy (non-hydrogen) atoms. The Morgan fingerprint density at radius 3 is 2.45 bits per heavy atom. The predicted octanol–water partition coefficient (Wildman–Crippen LogP) is 2.44. The Kier molecular flexibility index (Phi) is 4.38. The van der Waals surface area contributed by atoms with Crippen LogP contribution in [-0.4, -0.2) is 60.1 Å². The first-order valence-corrected chi connectivity index (χ1v) is 9.34. The molecule has 2 aliphatic carbocycles. The van der Waals surface area contributed by atoms with Gasteiger partial charge in [-0.2, -0.15) is 13.2 Å². The average Bonchev–Trinajstić information content (AvgIpc) is 2.90. The monoisotopic (exact) mass is 406 g/mol. The number of likely N-dealkylation sites (tertiary alicyclic amines) is 1. The number of nitrogens with zero attached hydrogens (tertiary/aromatic N) is 2. The number of rotatable bonds is 2. The fourth-order valence-electron chi connectivity index (χ4n) is 4.48. The van der Waals surface area contributed by atoms with E-state index >= 15 is 0 Å². The highest BCUT2D eigenvalue weighted by Crippen LogP contribution is 2.58. The summed E-state index contributed by atoms with van der Waals surface area (Å²) in [5.74, 6) is -2.59. The van der Waals surface area contributed by atoms with Crippen molar-refractivity contribution < 1.29 is 27.9 Å². The fraction of sp³-hybridized carbons (Fsp3) is 0.429. The van der Waals surface area contributed by atoms with Crippen LogP contribution < -0.4 is 0 Å². The molecule has 0 bridgehead atoms. The first-order chi connectivity index (χ1) is 13.6. The highest BCUT2D eigenvalue weighted by Gasteiger charge is 2.65. The lowest BCUT2D eigenvalue weighted by Crippen LogP contribution is -2.55. The van der Waals surface area contributed by atoms with Crippen LogP contribution in [0.25, 0.3) is 0 Å². The van der Waals surface area contributed by atoms with Gasteiger partial charge in [-0.05, 0) is 23.3 Å². The number of carbonyl (C=O) groups is 2. The zero-order valence-corrected chi connectivity index (χ0v) is 16.0. The van der Waals surface area contributed by atoms with Crippen molar-refractivity contribution in [2.75, 3.05) is 27.2 Å². The minimum absolute atomic E-state index is 0.0776. The number of alkyl halides is 3. The second-order valence-corrected chi connectivity index (χ2v) is 8.03. The summed E-state index contributed by atoms with van der Waals surface area (Å²) >= 11 is 0. The van der Waals surface area contributed by atoms with Gasteiger partial charge < -0.3 is 14.9 Å². The Bertz CT molecular complexity index is 932. The minimum atomic E-state index is -4.89. The summed E-state index contributed by atoms with van der Waals surface area (Å²) in [6.07, 6.45) is 1.28. The van der Waals surface area contributed by atoms with Gasteiger partial charge in [-0.15, -0.1) is 0 Å². The van der Waals surface area contributed by atoms with Crippen LogP contribution in [0.1, 0.15) is 27.4 Å². The SMILES string of the molecule is CN(C)C(=O)C1CN(C(=O)c2ccc3c(c2)C(O)(C(F)(F)F)C2C=CC=CC32)C1. The summed E-state index contributed by atoms with van der Waals surface area (Å²) in [6.45, 7) is 0.459. The van der Waals surface area contributed by atoms with Crippen LogP contribution in [0.4, 0.5) is 13.2 Å². The van der Waals surface area contributed by atoms with Gasteiger partial charge in [0, 0.05) is 44.6 Å². The molecule has 1 heterocycles. The van der Waals surface area contributed by atoms with Gasteiger partial charge in [0.2, 0.25) is 5.91 Å². The molecule has 1 saturated heterocycles. The van der Waals surface area contributed by atoms with Crippen molar-refractivity contribution in [3.05, 3.63) is 59.2 Å². The van der Waals surface area contributed by atoms with E-state index in [2.05, 4.69) is 0 Å². The quantitative estimate of drug-likeness (QED) is 0.821. The number of carbonyl (C=O) groups excluding carboxylic acids is 2. The lowest BCUT2D eigenvalue weighted by atomic mass is 9.80. The fourth-order valence-corrected chi connectivity index (χ4v) is 4.48. The Morgan fingerprint density at radius 2 is 1.83 bits per heavy atom. The summed E-state index contributed by atoms with van der Waals surface area (Å²) in [5.41, 5.74) is -2.88. The maximum atomic E-state index is 13.9. The van der Waals surface area contributed by atoms with Gasteiger partial charge in [-0.25, -0.2) is 0 Å². The van der Waals surface area contributed by atoms with Crippen LogP contribution in [-0.2, 0) is 10.4 Å². The van der Waals surface area contributed by atoms with Gasteiger partial charge in [0.15, 0.2) is 5.60 Å². The van der Waals surface area contributed by atoms with E-state index in [1.165, 1.54) is 34.1 Å². The second-order valence-electron chi connectivity index (χ2n) is 8.03. The molecule has 2 amide bonds. The topological polar surface area (TPSA) is 60.9 Å². The highest BCUT2D eigenvalue weighted by molar-refractivity contribution is 5.96. The van der Waals surface area contributed by atoms with E-state index in [1.54, 1.807) is 26.2 Å². The van der Waals surface area contributed by atoms with E-state index in [0.29, 0.717) is 5.56 Å². The average molecular weight is 406 g/mol. The summed E-state index contributed by atoms with van der Waals surface area (Å²) in [4.78, 5) is 27.6. The van der Waals surface area contributed by atoms with E-state index in [0.717, 1.165) is 6.07 Å². The first-order valence-electron chi connectivity index (χ1n) is 9.34. The van der Waals surface area contributed by atoms with E-state index < -0.39 is 29.5 Å². The molecule has 0 radical (unpaired) electrons. The van der Waals surface area contributed by atoms with E-state index in [4.69, 9.17) is 0 Å². The molecule has 1 aromatic carbocycles. The van der Waals surface area contributed by atoms with Crippen molar-refractivity contribution in [1.29, 1.82) is 0 Å². The molecule has 1 aromatic rings. The summed E-state index contributed by atoms with van der Waals surface area (Å²) in [7, 11) is 3.27. The number of aliphatic hydroxyl groups is 1. The van der Waals surface area contributed by atoms with Gasteiger partial charge in [0.05, 0.1) is 5.92 Å². The number of benzene rings is 1. The van der Waals surface area contributed by atoms with Crippen molar-refractivity contribution in [2.45, 2.75) is 17.7 Å². The number of fused-ring (bicyclic) bond motifs is 3. The molecule has 0 aromatic heterocycles. The van der Waals surface area contributed by atoms with E-state index in [-0.39, 0.29) is 36.0 Å². The molecule has 3 aliphatic rings. The molecule has 8 heteroatoms. The van der Waals surface area contributed by atoms with Crippen LogP contribution in [0, 0.1) is 11.8 Å². The Labute approximate surface area is 166 Å². The maximum absolute atomic E-state index is 13.9. The lowest BCUT2D eigenvalue weighted by molar-refractivity contribution is -0.278. The molecule has 0 saturated carbocycles. The summed E-state index contributed by atoms with van der Waals surface area (Å²) in [6, 6.07) is 4.15. The van der Waals surface area contributed by atoms with Gasteiger partial charge in [-0.3, -0.25) is 9.59 Å².